The van der Waals surface area contributed by atoms with E-state index < -0.39 is 11.0 Å². The van der Waals surface area contributed by atoms with Crippen molar-refractivity contribution < 1.29 is 19.4 Å². The maximum Gasteiger partial charge on any atom is 0.312 e. The zero-order valence-corrected chi connectivity index (χ0v) is 15.7. The van der Waals surface area contributed by atoms with E-state index >= 15 is 0 Å². The first-order valence-electron chi connectivity index (χ1n) is 10.2. The van der Waals surface area contributed by atoms with Gasteiger partial charge in [0.05, 0.1) is 11.0 Å². The molecule has 0 spiro atoms. The van der Waals surface area contributed by atoms with Crippen molar-refractivity contribution in [3.05, 3.63) is 35.4 Å². The average Bonchev–Trinajstić information content (AvgIpc) is 2.63. The number of ether oxygens (including phenoxy) is 1. The van der Waals surface area contributed by atoms with Gasteiger partial charge in [-0.3, -0.25) is 9.59 Å². The molecule has 144 valence electrons. The molecule has 27 heavy (non-hydrogen) atoms. The van der Waals surface area contributed by atoms with Crippen molar-refractivity contribution >= 4 is 11.9 Å². The Hall–Kier alpha value is -1.88. The van der Waals surface area contributed by atoms with Crippen LogP contribution >= 0.6 is 0 Å². The van der Waals surface area contributed by atoms with E-state index in [4.69, 9.17) is 4.74 Å². The fourth-order valence-corrected chi connectivity index (χ4v) is 6.53. The lowest BCUT2D eigenvalue weighted by Crippen LogP contribution is -2.58. The van der Waals surface area contributed by atoms with Gasteiger partial charge in [-0.15, -0.1) is 0 Å². The second-order valence-electron chi connectivity index (χ2n) is 9.38. The Morgan fingerprint density at radius 1 is 1.11 bits per heavy atom. The molecule has 1 N–H and O–H groups in total. The topological polar surface area (TPSA) is 66.8 Å². The molecule has 4 atom stereocenters. The quantitative estimate of drug-likeness (QED) is 0.831. The van der Waals surface area contributed by atoms with Crippen molar-refractivity contribution in [1.82, 2.24) is 4.90 Å². The lowest BCUT2D eigenvalue weighted by atomic mass is 9.48. The molecular formula is C22H27NO4. The smallest absolute Gasteiger partial charge is 0.312 e. The number of amides is 1. The SMILES string of the molecule is O=C(COC(=O)C12C[C@@H]3C[C@@H](CC(O)(C3)C1)C2)N1CCc2ccccc2C1. The third kappa shape index (κ3) is 2.96. The Kier molecular flexibility index (Phi) is 3.87. The molecule has 5 heteroatoms. The highest BCUT2D eigenvalue weighted by atomic mass is 16.5. The third-order valence-electron chi connectivity index (χ3n) is 7.27. The van der Waals surface area contributed by atoms with Crippen molar-refractivity contribution in [2.45, 2.75) is 57.1 Å². The van der Waals surface area contributed by atoms with Crippen LogP contribution in [0.5, 0.6) is 0 Å². The highest BCUT2D eigenvalue weighted by Gasteiger charge is 2.60. The van der Waals surface area contributed by atoms with Crippen molar-refractivity contribution in [3.63, 3.8) is 0 Å². The summed E-state index contributed by atoms with van der Waals surface area (Å²) in [7, 11) is 0. The normalized spacial score (nSPS) is 36.4. The van der Waals surface area contributed by atoms with Gasteiger partial charge >= 0.3 is 5.97 Å². The molecule has 4 saturated carbocycles. The van der Waals surface area contributed by atoms with Crippen LogP contribution in [0.15, 0.2) is 24.3 Å². The fourth-order valence-electron chi connectivity index (χ4n) is 6.53. The van der Waals surface area contributed by atoms with Gasteiger partial charge in [0.15, 0.2) is 6.61 Å². The van der Waals surface area contributed by atoms with Crippen LogP contribution in [0, 0.1) is 17.3 Å². The molecular weight excluding hydrogens is 342 g/mol. The molecule has 1 aliphatic heterocycles. The molecule has 4 bridgehead atoms. The van der Waals surface area contributed by atoms with E-state index in [2.05, 4.69) is 12.1 Å². The summed E-state index contributed by atoms with van der Waals surface area (Å²) in [5.74, 6) is 0.471. The van der Waals surface area contributed by atoms with Crippen LogP contribution in [0.3, 0.4) is 0 Å². The molecule has 1 aromatic carbocycles. The molecule has 5 nitrogen and oxygen atoms in total. The van der Waals surface area contributed by atoms with Gasteiger partial charge in [0, 0.05) is 13.1 Å². The number of carbonyl (C=O) groups excluding carboxylic acids is 2. The van der Waals surface area contributed by atoms with Crippen molar-refractivity contribution in [2.75, 3.05) is 13.2 Å². The molecule has 2 unspecified atom stereocenters. The summed E-state index contributed by atoms with van der Waals surface area (Å²) in [5, 5.41) is 10.8. The van der Waals surface area contributed by atoms with Crippen LogP contribution in [0.4, 0.5) is 0 Å². The summed E-state index contributed by atoms with van der Waals surface area (Å²) in [6, 6.07) is 8.17. The molecule has 4 aliphatic carbocycles. The minimum atomic E-state index is -0.691. The summed E-state index contributed by atoms with van der Waals surface area (Å²) < 4.78 is 5.53. The van der Waals surface area contributed by atoms with Crippen LogP contribution in [0.2, 0.25) is 0 Å². The van der Waals surface area contributed by atoms with Gasteiger partial charge in [-0.25, -0.2) is 0 Å². The van der Waals surface area contributed by atoms with E-state index in [0.29, 0.717) is 31.3 Å². The van der Waals surface area contributed by atoms with E-state index in [1.54, 1.807) is 4.90 Å². The molecule has 0 radical (unpaired) electrons. The molecule has 5 aliphatic rings. The monoisotopic (exact) mass is 369 g/mol. The fraction of sp³-hybridized carbons (Fsp3) is 0.636. The summed E-state index contributed by atoms with van der Waals surface area (Å²) in [6.45, 7) is 1.07. The predicted molar refractivity (Wildman–Crippen MR) is 98.6 cm³/mol. The van der Waals surface area contributed by atoms with E-state index in [-0.39, 0.29) is 18.5 Å². The van der Waals surface area contributed by atoms with Crippen LogP contribution < -0.4 is 0 Å². The number of benzene rings is 1. The summed E-state index contributed by atoms with van der Waals surface area (Å²) in [5.41, 5.74) is 1.21. The molecule has 1 aromatic rings. The summed E-state index contributed by atoms with van der Waals surface area (Å²) in [4.78, 5) is 27.3. The van der Waals surface area contributed by atoms with Crippen LogP contribution in [-0.4, -0.2) is 40.6 Å². The van der Waals surface area contributed by atoms with Gasteiger partial charge in [0.25, 0.3) is 5.91 Å². The van der Waals surface area contributed by atoms with E-state index in [9.17, 15) is 14.7 Å². The number of nitrogens with zero attached hydrogens (tertiary/aromatic N) is 1. The number of aliphatic hydroxyl groups is 1. The van der Waals surface area contributed by atoms with Gasteiger partial charge in [0.1, 0.15) is 0 Å². The standard InChI is InChI=1S/C22H27NO4/c24-19(23-6-5-17-3-1-2-4-18(17)12-23)13-27-20(25)21-8-15-7-16(9-21)11-22(26,10-15)14-21/h1-4,15-16,26H,5-14H2/t15-,16+,21?,22?. The van der Waals surface area contributed by atoms with Gasteiger partial charge < -0.3 is 14.7 Å². The molecule has 1 heterocycles. The summed E-state index contributed by atoms with van der Waals surface area (Å²) >= 11 is 0. The summed E-state index contributed by atoms with van der Waals surface area (Å²) in [6.07, 6.45) is 5.76. The number of hydrogen-bond donors (Lipinski definition) is 1. The van der Waals surface area contributed by atoms with E-state index in [1.807, 2.05) is 12.1 Å². The Labute approximate surface area is 159 Å². The van der Waals surface area contributed by atoms with Crippen molar-refractivity contribution in [1.29, 1.82) is 0 Å². The molecule has 0 saturated heterocycles. The Balaban J connectivity index is 1.22. The van der Waals surface area contributed by atoms with Gasteiger partial charge in [-0.1, -0.05) is 24.3 Å². The lowest BCUT2D eigenvalue weighted by Gasteiger charge is -2.58. The third-order valence-corrected chi connectivity index (χ3v) is 7.27. The predicted octanol–water partition coefficient (Wildman–Crippen LogP) is 2.45. The second kappa shape index (κ2) is 6.06. The minimum Gasteiger partial charge on any atom is -0.455 e. The first kappa shape index (κ1) is 17.2. The average molecular weight is 369 g/mol. The number of rotatable bonds is 3. The van der Waals surface area contributed by atoms with Crippen molar-refractivity contribution in [2.24, 2.45) is 17.3 Å². The van der Waals surface area contributed by atoms with E-state index in [1.165, 1.54) is 11.1 Å². The number of esters is 1. The lowest BCUT2D eigenvalue weighted by molar-refractivity contribution is -0.197. The first-order valence-corrected chi connectivity index (χ1v) is 10.2. The maximum atomic E-state index is 12.9. The second-order valence-corrected chi connectivity index (χ2v) is 9.38. The maximum absolute atomic E-state index is 12.9. The van der Waals surface area contributed by atoms with Gasteiger partial charge in [-0.05, 0) is 67.9 Å². The Morgan fingerprint density at radius 2 is 1.81 bits per heavy atom. The van der Waals surface area contributed by atoms with Crippen LogP contribution in [0.1, 0.15) is 49.7 Å². The Morgan fingerprint density at radius 3 is 2.52 bits per heavy atom. The number of hydrogen-bond acceptors (Lipinski definition) is 4. The van der Waals surface area contributed by atoms with Crippen LogP contribution in [-0.2, 0) is 27.3 Å². The van der Waals surface area contributed by atoms with Gasteiger partial charge in [-0.2, -0.15) is 0 Å². The largest absolute Gasteiger partial charge is 0.455 e. The zero-order valence-electron chi connectivity index (χ0n) is 15.7. The van der Waals surface area contributed by atoms with Crippen LogP contribution in [0.25, 0.3) is 0 Å². The molecule has 6 rings (SSSR count). The van der Waals surface area contributed by atoms with Crippen molar-refractivity contribution in [3.8, 4) is 0 Å². The molecule has 0 aromatic heterocycles. The number of carbonyl (C=O) groups is 2. The highest BCUT2D eigenvalue weighted by molar-refractivity contribution is 5.83. The Bertz CT molecular complexity index is 774. The first-order chi connectivity index (χ1) is 12.9. The number of fused-ring (bicyclic) bond motifs is 1. The van der Waals surface area contributed by atoms with E-state index in [0.717, 1.165) is 38.5 Å². The highest BCUT2D eigenvalue weighted by Crippen LogP contribution is 2.61. The molecule has 1 amide bonds. The molecule has 4 fully saturated rings. The van der Waals surface area contributed by atoms with Gasteiger partial charge in [0.2, 0.25) is 0 Å². The minimum absolute atomic E-state index is 0.124. The zero-order chi connectivity index (χ0) is 18.6.